The fraction of sp³-hybridized carbons (Fsp3) is 0.577. The molecule has 0 N–H and O–H groups in total. The number of aromatic nitrogens is 2. The van der Waals surface area contributed by atoms with E-state index in [1.807, 2.05) is 29.2 Å². The van der Waals surface area contributed by atoms with Crippen molar-refractivity contribution in [2.24, 2.45) is 5.92 Å². The molecule has 5 rings (SSSR count). The van der Waals surface area contributed by atoms with E-state index in [-0.39, 0.29) is 35.7 Å². The third-order valence-corrected chi connectivity index (χ3v) is 9.91. The number of hydrogen-bond acceptors (Lipinski definition) is 5. The van der Waals surface area contributed by atoms with E-state index in [4.69, 9.17) is 0 Å². The minimum absolute atomic E-state index is 0.0212. The average Bonchev–Trinajstić information content (AvgIpc) is 3.44. The summed E-state index contributed by atoms with van der Waals surface area (Å²) in [5, 5.41) is 4.45. The summed E-state index contributed by atoms with van der Waals surface area (Å²) in [4.78, 5) is 30.0. The Hall–Kier alpha value is -2.72. The number of hydrogen-bond donors (Lipinski definition) is 0. The molecule has 0 saturated carbocycles. The fourth-order valence-electron chi connectivity index (χ4n) is 5.88. The van der Waals surface area contributed by atoms with Gasteiger partial charge in [0.15, 0.2) is 0 Å². The number of nitrogens with zero attached hydrogens (tertiary/aromatic N) is 5. The zero-order valence-electron chi connectivity index (χ0n) is 21.1. The van der Waals surface area contributed by atoms with E-state index in [2.05, 4.69) is 5.10 Å². The van der Waals surface area contributed by atoms with Crippen molar-refractivity contribution in [1.29, 1.82) is 0 Å². The second-order valence-electron chi connectivity index (χ2n) is 10.2. The Morgan fingerprint density at radius 2 is 1.75 bits per heavy atom. The predicted octanol–water partition coefficient (Wildman–Crippen LogP) is 2.50. The van der Waals surface area contributed by atoms with Gasteiger partial charge in [-0.25, -0.2) is 8.42 Å². The molecule has 9 nitrogen and oxygen atoms in total. The molecule has 0 radical (unpaired) electrons. The predicted molar refractivity (Wildman–Crippen MR) is 136 cm³/mol. The summed E-state index contributed by atoms with van der Waals surface area (Å²) >= 11 is 0. The van der Waals surface area contributed by atoms with Crippen molar-refractivity contribution in [3.8, 4) is 0 Å². The molecule has 0 bridgehead atoms. The van der Waals surface area contributed by atoms with Crippen LogP contribution in [-0.4, -0.2) is 71.9 Å². The third kappa shape index (κ3) is 4.56. The normalized spacial score (nSPS) is 21.0. The number of sulfonamides is 1. The number of anilines is 1. The zero-order chi connectivity index (χ0) is 25.4. The quantitative estimate of drug-likeness (QED) is 0.612. The van der Waals surface area contributed by atoms with Crippen molar-refractivity contribution in [2.75, 3.05) is 37.6 Å². The van der Waals surface area contributed by atoms with Crippen LogP contribution in [0.4, 0.5) is 5.69 Å². The van der Waals surface area contributed by atoms with Gasteiger partial charge in [0.1, 0.15) is 11.4 Å². The van der Waals surface area contributed by atoms with Gasteiger partial charge in [-0.1, -0.05) is 18.2 Å². The second kappa shape index (κ2) is 9.97. The topological polar surface area (TPSA) is 95.8 Å². The van der Waals surface area contributed by atoms with Gasteiger partial charge >= 0.3 is 0 Å². The Labute approximate surface area is 213 Å². The molecule has 1 aromatic heterocycles. The van der Waals surface area contributed by atoms with Crippen molar-refractivity contribution in [2.45, 2.75) is 63.8 Å². The molecule has 3 aliphatic heterocycles. The van der Waals surface area contributed by atoms with Gasteiger partial charge in [-0.15, -0.1) is 0 Å². The van der Waals surface area contributed by atoms with Crippen LogP contribution in [-0.2, 0) is 32.6 Å². The first-order valence-electron chi connectivity index (χ1n) is 13.0. The number of carbonyl (C=O) groups is 2. The fourth-order valence-corrected chi connectivity index (χ4v) is 7.78. The average molecular weight is 514 g/mol. The summed E-state index contributed by atoms with van der Waals surface area (Å²) in [7, 11) is -3.85. The number of aryl methyl sites for hydroxylation is 1. The maximum Gasteiger partial charge on any atom is 0.248 e. The molecule has 2 aromatic rings. The van der Waals surface area contributed by atoms with E-state index in [0.717, 1.165) is 50.0 Å². The molecule has 2 saturated heterocycles. The highest BCUT2D eigenvalue weighted by Crippen LogP contribution is 2.30. The number of carbonyl (C=O) groups excluding carboxylic acids is 2. The van der Waals surface area contributed by atoms with Gasteiger partial charge in [-0.05, 0) is 64.0 Å². The molecule has 0 unspecified atom stereocenters. The van der Waals surface area contributed by atoms with E-state index in [9.17, 15) is 18.0 Å². The number of likely N-dealkylation sites (tertiary alicyclic amines) is 1. The minimum Gasteiger partial charge on any atom is -0.342 e. The number of para-hydroxylation sites is 1. The lowest BCUT2D eigenvalue weighted by molar-refractivity contribution is -0.137. The molecule has 4 heterocycles. The van der Waals surface area contributed by atoms with Crippen molar-refractivity contribution < 1.29 is 18.0 Å². The Bertz CT molecular complexity index is 1270. The molecule has 36 heavy (non-hydrogen) atoms. The van der Waals surface area contributed by atoms with Gasteiger partial charge in [0.25, 0.3) is 0 Å². The highest BCUT2D eigenvalue weighted by molar-refractivity contribution is 7.89. The maximum absolute atomic E-state index is 13.7. The zero-order valence-corrected chi connectivity index (χ0v) is 22.0. The first-order chi connectivity index (χ1) is 17.3. The smallest absolute Gasteiger partial charge is 0.248 e. The lowest BCUT2D eigenvalue weighted by atomic mass is 9.97. The van der Waals surface area contributed by atoms with Gasteiger partial charge < -0.3 is 9.80 Å². The van der Waals surface area contributed by atoms with Crippen LogP contribution < -0.4 is 4.90 Å². The number of benzene rings is 1. The molecule has 2 amide bonds. The highest BCUT2D eigenvalue weighted by atomic mass is 32.2. The van der Waals surface area contributed by atoms with Crippen LogP contribution in [0.2, 0.25) is 0 Å². The van der Waals surface area contributed by atoms with E-state index in [1.54, 1.807) is 18.7 Å². The highest BCUT2D eigenvalue weighted by Gasteiger charge is 2.38. The lowest BCUT2D eigenvalue weighted by Crippen LogP contribution is -2.48. The summed E-state index contributed by atoms with van der Waals surface area (Å²) in [6.45, 7) is 6.09. The Balaban J connectivity index is 1.33. The second-order valence-corrected chi connectivity index (χ2v) is 12.0. The molecule has 194 valence electrons. The summed E-state index contributed by atoms with van der Waals surface area (Å²) < 4.78 is 30.4. The van der Waals surface area contributed by atoms with Crippen LogP contribution in [0.15, 0.2) is 29.2 Å². The number of fused-ring (bicyclic) bond motifs is 1. The molecule has 3 aliphatic rings. The van der Waals surface area contributed by atoms with Crippen molar-refractivity contribution in [3.63, 3.8) is 0 Å². The third-order valence-electron chi connectivity index (χ3n) is 7.79. The summed E-state index contributed by atoms with van der Waals surface area (Å²) in [6.07, 6.45) is 5.35. The van der Waals surface area contributed by atoms with Gasteiger partial charge in [-0.2, -0.15) is 9.40 Å². The van der Waals surface area contributed by atoms with Crippen LogP contribution in [0.5, 0.6) is 0 Å². The Morgan fingerprint density at radius 3 is 2.53 bits per heavy atom. The van der Waals surface area contributed by atoms with Crippen LogP contribution in [0, 0.1) is 19.8 Å². The number of amides is 2. The molecule has 1 atom stereocenters. The molecule has 1 aromatic carbocycles. The monoisotopic (exact) mass is 513 g/mol. The summed E-state index contributed by atoms with van der Waals surface area (Å²) in [5.74, 6) is -0.339. The van der Waals surface area contributed by atoms with Gasteiger partial charge in [0.2, 0.25) is 21.8 Å². The van der Waals surface area contributed by atoms with E-state index in [1.165, 1.54) is 8.99 Å². The van der Waals surface area contributed by atoms with E-state index < -0.39 is 10.0 Å². The SMILES string of the molecule is Cc1nn(CC(=O)N2CCc3ccccc32)c(C)c1S(=O)(=O)N1CCC[C@H](C(=O)N2CCCCC2)C1. The van der Waals surface area contributed by atoms with Crippen molar-refractivity contribution >= 4 is 27.5 Å². The van der Waals surface area contributed by atoms with Crippen LogP contribution in [0.3, 0.4) is 0 Å². The first-order valence-corrected chi connectivity index (χ1v) is 14.4. The van der Waals surface area contributed by atoms with E-state index >= 15 is 0 Å². The number of rotatable bonds is 5. The van der Waals surface area contributed by atoms with Crippen LogP contribution in [0.1, 0.15) is 49.1 Å². The molecule has 0 aliphatic carbocycles. The lowest BCUT2D eigenvalue weighted by Gasteiger charge is -2.35. The standard InChI is InChI=1S/C26H35N5O4S/c1-19-25(20(2)31(27-19)18-24(32)30-16-12-21-9-4-5-11-23(21)30)36(34,35)29-15-8-10-22(17-29)26(33)28-13-6-3-7-14-28/h4-5,9,11,22H,3,6-8,10,12-18H2,1-2H3/t22-/m0/s1. The number of piperidine rings is 2. The minimum atomic E-state index is -3.85. The van der Waals surface area contributed by atoms with Gasteiger partial charge in [-0.3, -0.25) is 14.3 Å². The van der Waals surface area contributed by atoms with Gasteiger partial charge in [0.05, 0.1) is 17.3 Å². The van der Waals surface area contributed by atoms with Crippen LogP contribution in [0.25, 0.3) is 0 Å². The molecule has 0 spiro atoms. The van der Waals surface area contributed by atoms with Gasteiger partial charge in [0, 0.05) is 38.4 Å². The molecular formula is C26H35N5O4S. The molecule has 10 heteroatoms. The van der Waals surface area contributed by atoms with Crippen molar-refractivity contribution in [3.05, 3.63) is 41.2 Å². The summed E-state index contributed by atoms with van der Waals surface area (Å²) in [6, 6.07) is 7.85. The maximum atomic E-state index is 13.7. The molecule has 2 fully saturated rings. The summed E-state index contributed by atoms with van der Waals surface area (Å²) in [5.41, 5.74) is 2.89. The molecular weight excluding hydrogens is 478 g/mol. The van der Waals surface area contributed by atoms with Crippen molar-refractivity contribution in [1.82, 2.24) is 19.0 Å². The van der Waals surface area contributed by atoms with E-state index in [0.29, 0.717) is 37.3 Å². The first kappa shape index (κ1) is 25.0. The largest absolute Gasteiger partial charge is 0.342 e. The Morgan fingerprint density at radius 1 is 1.00 bits per heavy atom. The van der Waals surface area contributed by atoms with Crippen LogP contribution >= 0.6 is 0 Å². The Kier molecular flexibility index (Phi) is 6.91.